The fourth-order valence-electron chi connectivity index (χ4n) is 2.52. The van der Waals surface area contributed by atoms with Crippen molar-refractivity contribution in [3.05, 3.63) is 40.4 Å². The van der Waals surface area contributed by atoms with Crippen LogP contribution >= 0.6 is 11.3 Å². The molecule has 2 amide bonds. The number of amides is 2. The Hall–Kier alpha value is -2.41. The summed E-state index contributed by atoms with van der Waals surface area (Å²) in [6.07, 6.45) is 2.07. The Labute approximate surface area is 170 Å². The van der Waals surface area contributed by atoms with Crippen molar-refractivity contribution in [1.29, 1.82) is 0 Å². The summed E-state index contributed by atoms with van der Waals surface area (Å²) in [5.41, 5.74) is 1.43. The number of carbonyl (C=O) groups is 2. The van der Waals surface area contributed by atoms with Gasteiger partial charge in [0.1, 0.15) is 12.3 Å². The summed E-state index contributed by atoms with van der Waals surface area (Å²) in [7, 11) is 0. The molecule has 152 valence electrons. The van der Waals surface area contributed by atoms with Gasteiger partial charge in [-0.25, -0.2) is 4.98 Å². The molecule has 2 rings (SSSR count). The molecule has 28 heavy (non-hydrogen) atoms. The van der Waals surface area contributed by atoms with Crippen molar-refractivity contribution in [2.24, 2.45) is 0 Å². The van der Waals surface area contributed by atoms with Crippen molar-refractivity contribution < 1.29 is 14.3 Å². The average Bonchev–Trinajstić information content (AvgIpc) is 2.96. The van der Waals surface area contributed by atoms with Gasteiger partial charge in [-0.3, -0.25) is 9.59 Å². The quantitative estimate of drug-likeness (QED) is 0.629. The van der Waals surface area contributed by atoms with Crippen LogP contribution in [0.4, 0.5) is 5.13 Å². The van der Waals surface area contributed by atoms with Crippen LogP contribution in [-0.2, 0) is 4.79 Å². The summed E-state index contributed by atoms with van der Waals surface area (Å²) in [6.45, 7) is 10.4. The summed E-state index contributed by atoms with van der Waals surface area (Å²) in [5, 5.41) is 3.35. The van der Waals surface area contributed by atoms with Gasteiger partial charge in [-0.2, -0.15) is 0 Å². The first-order chi connectivity index (χ1) is 13.3. The minimum absolute atomic E-state index is 0.0249. The number of rotatable bonds is 9. The smallest absolute Gasteiger partial charge is 0.254 e. The number of benzene rings is 1. The molecule has 0 bridgehead atoms. The number of nitrogens with one attached hydrogen (secondary N) is 1. The van der Waals surface area contributed by atoms with E-state index in [2.05, 4.69) is 17.2 Å². The molecule has 1 aromatic carbocycles. The molecule has 0 aliphatic heterocycles. The normalized spacial score (nSPS) is 10.8. The summed E-state index contributed by atoms with van der Waals surface area (Å²) < 4.78 is 5.64. The van der Waals surface area contributed by atoms with Gasteiger partial charge in [-0.1, -0.05) is 13.3 Å². The summed E-state index contributed by atoms with van der Waals surface area (Å²) in [5.74, 6) is 0.306. The van der Waals surface area contributed by atoms with Gasteiger partial charge in [0.05, 0.1) is 12.3 Å². The van der Waals surface area contributed by atoms with Crippen LogP contribution in [0.2, 0.25) is 0 Å². The Morgan fingerprint density at radius 3 is 2.43 bits per heavy atom. The van der Waals surface area contributed by atoms with Crippen LogP contribution in [0.1, 0.15) is 54.5 Å². The lowest BCUT2D eigenvalue weighted by Gasteiger charge is -2.26. The lowest BCUT2D eigenvalue weighted by Crippen LogP contribution is -2.42. The van der Waals surface area contributed by atoms with Gasteiger partial charge in [0.2, 0.25) is 5.91 Å². The van der Waals surface area contributed by atoms with Crippen LogP contribution in [-0.4, -0.2) is 40.9 Å². The minimum atomic E-state index is -0.254. The molecular formula is C21H29N3O3S. The van der Waals surface area contributed by atoms with Crippen molar-refractivity contribution in [2.75, 3.05) is 18.5 Å². The number of hydrogen-bond acceptors (Lipinski definition) is 5. The molecule has 1 heterocycles. The lowest BCUT2D eigenvalue weighted by molar-refractivity contribution is -0.117. The van der Waals surface area contributed by atoms with Crippen LogP contribution in [0, 0.1) is 13.8 Å². The second kappa shape index (κ2) is 10.2. The first-order valence-electron chi connectivity index (χ1n) is 9.59. The Morgan fingerprint density at radius 1 is 1.21 bits per heavy atom. The predicted molar refractivity (Wildman–Crippen MR) is 113 cm³/mol. The van der Waals surface area contributed by atoms with Crippen molar-refractivity contribution >= 4 is 28.3 Å². The number of anilines is 1. The maximum Gasteiger partial charge on any atom is 0.254 e. The number of aryl methyl sites for hydroxylation is 2. The van der Waals surface area contributed by atoms with E-state index in [9.17, 15) is 9.59 Å². The highest BCUT2D eigenvalue weighted by atomic mass is 32.1. The topological polar surface area (TPSA) is 71.5 Å². The lowest BCUT2D eigenvalue weighted by atomic mass is 10.1. The van der Waals surface area contributed by atoms with Crippen LogP contribution in [0.15, 0.2) is 24.3 Å². The van der Waals surface area contributed by atoms with Crippen LogP contribution < -0.4 is 10.1 Å². The van der Waals surface area contributed by atoms with E-state index >= 15 is 0 Å². The summed E-state index contributed by atoms with van der Waals surface area (Å²) in [6, 6.07) is 6.96. The van der Waals surface area contributed by atoms with Gasteiger partial charge < -0.3 is 15.0 Å². The van der Waals surface area contributed by atoms with E-state index in [1.165, 1.54) is 11.3 Å². The molecule has 1 N–H and O–H groups in total. The van der Waals surface area contributed by atoms with Crippen molar-refractivity contribution in [1.82, 2.24) is 9.88 Å². The van der Waals surface area contributed by atoms with Gasteiger partial charge in [0.15, 0.2) is 5.13 Å². The largest absolute Gasteiger partial charge is 0.494 e. The third kappa shape index (κ3) is 6.05. The Bertz CT molecular complexity index is 780. The van der Waals surface area contributed by atoms with Crippen molar-refractivity contribution in [3.8, 4) is 5.75 Å². The molecule has 0 unspecified atom stereocenters. The highest BCUT2D eigenvalue weighted by Crippen LogP contribution is 2.21. The maximum atomic E-state index is 12.9. The van der Waals surface area contributed by atoms with E-state index in [0.29, 0.717) is 17.3 Å². The number of unbranched alkanes of at least 4 members (excludes halogenated alkanes) is 1. The second-order valence-corrected chi connectivity index (χ2v) is 8.17. The molecule has 1 aromatic heterocycles. The first kappa shape index (κ1) is 21.9. The Kier molecular flexibility index (Phi) is 7.99. The van der Waals surface area contributed by atoms with Crippen LogP contribution in [0.25, 0.3) is 0 Å². The van der Waals surface area contributed by atoms with E-state index in [1.807, 2.05) is 27.7 Å². The standard InChI is InChI=1S/C21H29N3O3S/c1-6-7-12-27-18-10-8-17(9-11-18)20(26)24(14(2)3)13-19(25)23-21-22-15(4)16(5)28-21/h8-11,14H,6-7,12-13H2,1-5H3,(H,22,23,25). The second-order valence-electron chi connectivity index (χ2n) is 6.96. The van der Waals surface area contributed by atoms with Gasteiger partial charge in [-0.05, 0) is 58.4 Å². The van der Waals surface area contributed by atoms with E-state index in [-0.39, 0.29) is 24.4 Å². The number of nitrogens with zero attached hydrogens (tertiary/aromatic N) is 2. The number of aromatic nitrogens is 1. The zero-order chi connectivity index (χ0) is 20.7. The molecule has 0 aliphatic rings. The number of carbonyl (C=O) groups excluding carboxylic acids is 2. The Balaban J connectivity index is 2.01. The highest BCUT2D eigenvalue weighted by Gasteiger charge is 2.22. The zero-order valence-electron chi connectivity index (χ0n) is 17.2. The fourth-order valence-corrected chi connectivity index (χ4v) is 3.35. The molecule has 0 saturated carbocycles. The molecule has 0 fully saturated rings. The van der Waals surface area contributed by atoms with Gasteiger partial charge in [0.25, 0.3) is 5.91 Å². The zero-order valence-corrected chi connectivity index (χ0v) is 18.1. The van der Waals surface area contributed by atoms with Crippen LogP contribution in [0.5, 0.6) is 5.75 Å². The van der Waals surface area contributed by atoms with E-state index in [1.54, 1.807) is 29.2 Å². The SMILES string of the molecule is CCCCOc1ccc(C(=O)N(CC(=O)Nc2nc(C)c(C)s2)C(C)C)cc1. The molecule has 0 atom stereocenters. The molecule has 0 aliphatic carbocycles. The van der Waals surface area contributed by atoms with Gasteiger partial charge in [-0.15, -0.1) is 11.3 Å². The van der Waals surface area contributed by atoms with Crippen molar-refractivity contribution in [2.45, 2.75) is 53.5 Å². The average molecular weight is 404 g/mol. The van der Waals surface area contributed by atoms with Gasteiger partial charge >= 0.3 is 0 Å². The molecule has 0 saturated heterocycles. The van der Waals surface area contributed by atoms with Crippen LogP contribution in [0.3, 0.4) is 0 Å². The Morgan fingerprint density at radius 2 is 1.89 bits per heavy atom. The third-order valence-electron chi connectivity index (χ3n) is 4.34. The summed E-state index contributed by atoms with van der Waals surface area (Å²) >= 11 is 1.43. The van der Waals surface area contributed by atoms with E-state index in [0.717, 1.165) is 29.2 Å². The predicted octanol–water partition coefficient (Wildman–Crippen LogP) is 4.43. The number of ether oxygens (including phenoxy) is 1. The van der Waals surface area contributed by atoms with E-state index < -0.39 is 0 Å². The highest BCUT2D eigenvalue weighted by molar-refractivity contribution is 7.15. The maximum absolute atomic E-state index is 12.9. The minimum Gasteiger partial charge on any atom is -0.494 e. The molecule has 0 spiro atoms. The fraction of sp³-hybridized carbons (Fsp3) is 0.476. The molecule has 2 aromatic rings. The molecule has 6 nitrogen and oxygen atoms in total. The molecule has 0 radical (unpaired) electrons. The van der Waals surface area contributed by atoms with E-state index in [4.69, 9.17) is 4.74 Å². The molecule has 7 heteroatoms. The first-order valence-corrected chi connectivity index (χ1v) is 10.4. The third-order valence-corrected chi connectivity index (χ3v) is 5.33. The van der Waals surface area contributed by atoms with Crippen molar-refractivity contribution in [3.63, 3.8) is 0 Å². The van der Waals surface area contributed by atoms with Gasteiger partial charge in [0, 0.05) is 16.5 Å². The number of hydrogen-bond donors (Lipinski definition) is 1. The molecular weight excluding hydrogens is 374 g/mol. The number of thiazole rings is 1. The monoisotopic (exact) mass is 403 g/mol. The summed E-state index contributed by atoms with van der Waals surface area (Å²) in [4.78, 5) is 32.3.